The second-order valence-electron chi connectivity index (χ2n) is 5.64. The third-order valence-corrected chi connectivity index (χ3v) is 5.00. The number of aromatic nitrogens is 2. The van der Waals surface area contributed by atoms with E-state index in [2.05, 4.69) is 15.3 Å². The number of hydrogen-bond donors (Lipinski definition) is 2. The number of nitrogens with zero attached hydrogens (tertiary/aromatic N) is 2. The van der Waals surface area contributed by atoms with Crippen molar-refractivity contribution in [2.75, 3.05) is 6.54 Å². The molecule has 1 saturated carbocycles. The van der Waals surface area contributed by atoms with Crippen molar-refractivity contribution in [1.29, 1.82) is 0 Å². The molecule has 5 nitrogen and oxygen atoms in total. The van der Waals surface area contributed by atoms with E-state index in [1.54, 1.807) is 6.20 Å². The van der Waals surface area contributed by atoms with Gasteiger partial charge in [0.1, 0.15) is 5.01 Å². The van der Waals surface area contributed by atoms with E-state index in [4.69, 9.17) is 5.73 Å². The fourth-order valence-corrected chi connectivity index (χ4v) is 3.72. The van der Waals surface area contributed by atoms with E-state index in [0.717, 1.165) is 35.7 Å². The number of thiazole rings is 1. The average Bonchev–Trinajstić information content (AvgIpc) is 3.17. The summed E-state index contributed by atoms with van der Waals surface area (Å²) in [7, 11) is 0. The molecule has 2 aromatic heterocycles. The number of carbonyl (C=O) groups excluding carboxylic acids is 1. The van der Waals surface area contributed by atoms with E-state index in [-0.39, 0.29) is 36.8 Å². The van der Waals surface area contributed by atoms with Crippen molar-refractivity contribution in [3.05, 3.63) is 35.5 Å². The fraction of sp³-hybridized carbons (Fsp3) is 0.438. The molecule has 0 aliphatic heterocycles. The van der Waals surface area contributed by atoms with Crippen molar-refractivity contribution in [3.8, 4) is 10.7 Å². The zero-order valence-electron chi connectivity index (χ0n) is 13.2. The first kappa shape index (κ1) is 20.8. The van der Waals surface area contributed by atoms with Crippen LogP contribution in [0.4, 0.5) is 0 Å². The molecule has 1 aliphatic carbocycles. The molecule has 1 aliphatic rings. The summed E-state index contributed by atoms with van der Waals surface area (Å²) >= 11 is 1.52. The van der Waals surface area contributed by atoms with Crippen LogP contribution in [0.5, 0.6) is 0 Å². The number of rotatable bonds is 5. The van der Waals surface area contributed by atoms with Gasteiger partial charge < -0.3 is 11.1 Å². The predicted molar refractivity (Wildman–Crippen MR) is 102 cm³/mol. The van der Waals surface area contributed by atoms with Gasteiger partial charge in [-0.15, -0.1) is 36.2 Å². The van der Waals surface area contributed by atoms with Gasteiger partial charge in [0.05, 0.1) is 17.8 Å². The minimum absolute atomic E-state index is 0. The highest BCUT2D eigenvalue weighted by atomic mass is 35.5. The first-order valence-electron chi connectivity index (χ1n) is 7.61. The van der Waals surface area contributed by atoms with Crippen molar-refractivity contribution < 1.29 is 4.79 Å². The fourth-order valence-electron chi connectivity index (χ4n) is 2.93. The van der Waals surface area contributed by atoms with Crippen LogP contribution in [-0.2, 0) is 11.2 Å². The zero-order chi connectivity index (χ0) is 15.4. The van der Waals surface area contributed by atoms with E-state index >= 15 is 0 Å². The molecule has 3 N–H and O–H groups in total. The van der Waals surface area contributed by atoms with Crippen LogP contribution in [0, 0.1) is 5.92 Å². The molecule has 0 bridgehead atoms. The average molecular weight is 389 g/mol. The quantitative estimate of drug-likeness (QED) is 0.824. The van der Waals surface area contributed by atoms with Gasteiger partial charge in [-0.2, -0.15) is 0 Å². The minimum atomic E-state index is 0. The lowest BCUT2D eigenvalue weighted by molar-refractivity contribution is -0.121. The lowest BCUT2D eigenvalue weighted by atomic mass is 10.0. The smallest absolute Gasteiger partial charge is 0.226 e. The summed E-state index contributed by atoms with van der Waals surface area (Å²) in [5, 5.41) is 5.89. The second-order valence-corrected chi connectivity index (χ2v) is 6.49. The Morgan fingerprint density at radius 1 is 1.33 bits per heavy atom. The number of amides is 1. The van der Waals surface area contributed by atoms with Gasteiger partial charge in [-0.05, 0) is 37.4 Å². The number of carbonyl (C=O) groups is 1. The predicted octanol–water partition coefficient (Wildman–Crippen LogP) is 2.83. The molecular formula is C16H22Cl2N4OS. The van der Waals surface area contributed by atoms with Crippen LogP contribution >= 0.6 is 36.2 Å². The van der Waals surface area contributed by atoms with Gasteiger partial charge in [0, 0.05) is 17.6 Å². The highest BCUT2D eigenvalue weighted by Crippen LogP contribution is 2.25. The molecular weight excluding hydrogens is 367 g/mol. The van der Waals surface area contributed by atoms with E-state index in [1.807, 2.05) is 23.6 Å². The molecule has 0 spiro atoms. The van der Waals surface area contributed by atoms with Gasteiger partial charge in [-0.3, -0.25) is 9.78 Å². The van der Waals surface area contributed by atoms with Gasteiger partial charge in [-0.1, -0.05) is 12.5 Å². The van der Waals surface area contributed by atoms with Crippen LogP contribution in [0.25, 0.3) is 10.7 Å². The summed E-state index contributed by atoms with van der Waals surface area (Å²) in [6.07, 6.45) is 5.35. The summed E-state index contributed by atoms with van der Waals surface area (Å²) in [5.41, 5.74) is 7.39. The highest BCUT2D eigenvalue weighted by molar-refractivity contribution is 7.13. The molecule has 2 unspecified atom stereocenters. The van der Waals surface area contributed by atoms with Crippen LogP contribution in [0.3, 0.4) is 0 Å². The van der Waals surface area contributed by atoms with E-state index in [9.17, 15) is 4.79 Å². The number of pyridine rings is 1. The molecule has 1 amide bonds. The molecule has 2 atom stereocenters. The molecule has 2 aromatic rings. The molecule has 8 heteroatoms. The number of halogens is 2. The normalized spacial score (nSPS) is 19.2. The first-order chi connectivity index (χ1) is 10.8. The van der Waals surface area contributed by atoms with E-state index in [1.165, 1.54) is 11.3 Å². The van der Waals surface area contributed by atoms with Gasteiger partial charge in [0.25, 0.3) is 0 Å². The Hall–Kier alpha value is -1.21. The summed E-state index contributed by atoms with van der Waals surface area (Å²) in [6.45, 7) is 0.644. The minimum Gasteiger partial charge on any atom is -0.353 e. The number of hydrogen-bond acceptors (Lipinski definition) is 5. The van der Waals surface area contributed by atoms with Gasteiger partial charge in [-0.25, -0.2) is 4.98 Å². The second kappa shape index (κ2) is 9.93. The molecule has 2 heterocycles. The molecule has 3 rings (SSSR count). The highest BCUT2D eigenvalue weighted by Gasteiger charge is 2.27. The maximum absolute atomic E-state index is 12.2. The van der Waals surface area contributed by atoms with Crippen molar-refractivity contribution in [3.63, 3.8) is 0 Å². The van der Waals surface area contributed by atoms with E-state index < -0.39 is 0 Å². The number of nitrogens with one attached hydrogen (secondary N) is 1. The summed E-state index contributed by atoms with van der Waals surface area (Å²) in [4.78, 5) is 21.0. The summed E-state index contributed by atoms with van der Waals surface area (Å²) in [6, 6.07) is 5.96. The van der Waals surface area contributed by atoms with Crippen molar-refractivity contribution >= 4 is 42.1 Å². The van der Waals surface area contributed by atoms with Crippen LogP contribution in [-0.4, -0.2) is 28.5 Å². The molecule has 132 valence electrons. The molecule has 0 radical (unpaired) electrons. The topological polar surface area (TPSA) is 80.9 Å². The van der Waals surface area contributed by atoms with Crippen molar-refractivity contribution in [2.45, 2.75) is 31.7 Å². The number of nitrogens with two attached hydrogens (primary N) is 1. The third kappa shape index (κ3) is 5.14. The van der Waals surface area contributed by atoms with Crippen LogP contribution in [0.1, 0.15) is 25.0 Å². The Bertz CT molecular complexity index is 638. The Balaban J connectivity index is 0.00000144. The monoisotopic (exact) mass is 388 g/mol. The maximum Gasteiger partial charge on any atom is 0.226 e. The van der Waals surface area contributed by atoms with Crippen LogP contribution in [0.2, 0.25) is 0 Å². The molecule has 0 aromatic carbocycles. The lowest BCUT2D eigenvalue weighted by Crippen LogP contribution is -2.40. The maximum atomic E-state index is 12.2. The zero-order valence-corrected chi connectivity index (χ0v) is 15.6. The van der Waals surface area contributed by atoms with Crippen molar-refractivity contribution in [1.82, 2.24) is 15.3 Å². The first-order valence-corrected chi connectivity index (χ1v) is 8.49. The molecule has 0 saturated heterocycles. The third-order valence-electron chi connectivity index (χ3n) is 4.09. The Morgan fingerprint density at radius 3 is 2.88 bits per heavy atom. The van der Waals surface area contributed by atoms with Gasteiger partial charge in [0.2, 0.25) is 5.91 Å². The standard InChI is InChI=1S/C16H20N4OS.2ClH/c17-9-11-4-3-6-13(11)20-15(21)8-12-10-22-16(19-12)14-5-1-2-7-18-14;;/h1-2,5,7,10-11,13H,3-4,6,8-9,17H2,(H,20,21);2*1H. The SMILES string of the molecule is Cl.Cl.NCC1CCCC1NC(=O)Cc1csc(-c2ccccn2)n1. The van der Waals surface area contributed by atoms with Gasteiger partial charge >= 0.3 is 0 Å². The summed E-state index contributed by atoms with van der Waals surface area (Å²) < 4.78 is 0. The van der Waals surface area contributed by atoms with E-state index in [0.29, 0.717) is 18.9 Å². The van der Waals surface area contributed by atoms with Crippen LogP contribution in [0.15, 0.2) is 29.8 Å². The molecule has 1 fully saturated rings. The Kier molecular flexibility index (Phi) is 8.62. The summed E-state index contributed by atoms with van der Waals surface area (Å²) in [5.74, 6) is 0.451. The Labute approximate surface area is 158 Å². The van der Waals surface area contributed by atoms with Crippen LogP contribution < -0.4 is 11.1 Å². The lowest BCUT2D eigenvalue weighted by Gasteiger charge is -2.19. The molecule has 24 heavy (non-hydrogen) atoms. The van der Waals surface area contributed by atoms with Gasteiger partial charge in [0.15, 0.2) is 0 Å². The Morgan fingerprint density at radius 2 is 2.17 bits per heavy atom. The largest absolute Gasteiger partial charge is 0.353 e. The van der Waals surface area contributed by atoms with Crippen molar-refractivity contribution in [2.24, 2.45) is 11.7 Å².